The van der Waals surface area contributed by atoms with Crippen LogP contribution in [-0.4, -0.2) is 17.8 Å². The maximum atomic E-state index is 12.6. The molecule has 0 unspecified atom stereocenters. The van der Waals surface area contributed by atoms with E-state index >= 15 is 0 Å². The van der Waals surface area contributed by atoms with Crippen LogP contribution in [0.2, 0.25) is 5.02 Å². The molecule has 0 saturated carbocycles. The summed E-state index contributed by atoms with van der Waals surface area (Å²) in [6, 6.07) is 3.16. The lowest BCUT2D eigenvalue weighted by atomic mass is 10.0. The number of hydrogen-bond donors (Lipinski definition) is 0. The van der Waals surface area contributed by atoms with Crippen LogP contribution >= 0.6 is 23.2 Å². The summed E-state index contributed by atoms with van der Waals surface area (Å²) in [7, 11) is 0. The minimum absolute atomic E-state index is 0.357. The van der Waals surface area contributed by atoms with Gasteiger partial charge in [0.2, 0.25) is 5.78 Å². The van der Waals surface area contributed by atoms with Crippen molar-refractivity contribution in [3.8, 4) is 5.75 Å². The van der Waals surface area contributed by atoms with Crippen molar-refractivity contribution in [2.45, 2.75) is 18.2 Å². The van der Waals surface area contributed by atoms with Gasteiger partial charge < -0.3 is 4.74 Å². The molecule has 1 heterocycles. The van der Waals surface area contributed by atoms with Crippen molar-refractivity contribution in [2.24, 2.45) is 0 Å². The largest absolute Gasteiger partial charge is 0.493 e. The lowest BCUT2D eigenvalue weighted by Crippen LogP contribution is -2.23. The summed E-state index contributed by atoms with van der Waals surface area (Å²) in [5.74, 6) is -0.886. The molecule has 2 rings (SSSR count). The molecule has 0 aliphatic carbocycles. The van der Waals surface area contributed by atoms with E-state index in [-0.39, 0.29) is 0 Å². The Kier molecular flexibility index (Phi) is 3.27. The highest BCUT2D eigenvalue weighted by Crippen LogP contribution is 2.34. The van der Waals surface area contributed by atoms with Crippen LogP contribution in [0.25, 0.3) is 0 Å². The van der Waals surface area contributed by atoms with Gasteiger partial charge in [-0.2, -0.15) is 8.78 Å². The van der Waals surface area contributed by atoms with Gasteiger partial charge in [-0.3, -0.25) is 4.79 Å². The molecular weight excluding hydrogens is 273 g/mol. The van der Waals surface area contributed by atoms with Gasteiger partial charge >= 0.3 is 5.38 Å². The monoisotopic (exact) mass is 280 g/mol. The summed E-state index contributed by atoms with van der Waals surface area (Å²) in [6.45, 7) is 0.466. The number of rotatable bonds is 3. The second kappa shape index (κ2) is 4.42. The van der Waals surface area contributed by atoms with Gasteiger partial charge in [-0.15, -0.1) is 0 Å². The molecule has 6 heteroatoms. The SMILES string of the molecule is O=C(Cc1cc(Cl)cc2c1OCC2)C(F)(F)Cl. The maximum Gasteiger partial charge on any atom is 0.380 e. The molecule has 1 aromatic carbocycles. The van der Waals surface area contributed by atoms with Crippen LogP contribution in [0.5, 0.6) is 5.75 Å². The molecule has 1 aromatic rings. The molecule has 0 atom stereocenters. The van der Waals surface area contributed by atoms with Crippen molar-refractivity contribution in [3.05, 3.63) is 28.3 Å². The molecule has 0 spiro atoms. The van der Waals surface area contributed by atoms with Crippen LogP contribution in [-0.2, 0) is 17.6 Å². The van der Waals surface area contributed by atoms with Gasteiger partial charge in [0.05, 0.1) is 6.61 Å². The van der Waals surface area contributed by atoms with Crippen molar-refractivity contribution in [1.82, 2.24) is 0 Å². The van der Waals surface area contributed by atoms with E-state index in [4.69, 9.17) is 16.3 Å². The summed E-state index contributed by atoms with van der Waals surface area (Å²) in [4.78, 5) is 11.2. The fourth-order valence-electron chi connectivity index (χ4n) is 1.75. The fraction of sp³-hybridized carbons (Fsp3) is 0.364. The van der Waals surface area contributed by atoms with E-state index in [1.165, 1.54) is 6.07 Å². The molecule has 0 N–H and O–H groups in total. The Hall–Kier alpha value is -0.870. The Morgan fingerprint density at radius 2 is 2.18 bits per heavy atom. The average Bonchev–Trinajstić information content (AvgIpc) is 2.63. The first-order valence-corrected chi connectivity index (χ1v) is 5.67. The van der Waals surface area contributed by atoms with E-state index in [9.17, 15) is 13.6 Å². The first-order chi connectivity index (χ1) is 7.88. The minimum Gasteiger partial charge on any atom is -0.493 e. The summed E-state index contributed by atoms with van der Waals surface area (Å²) in [5, 5.41) is -3.46. The second-order valence-corrected chi connectivity index (χ2v) is 4.66. The number of alkyl halides is 3. The molecule has 17 heavy (non-hydrogen) atoms. The molecular formula is C11H8Cl2F2O2. The van der Waals surface area contributed by atoms with E-state index < -0.39 is 17.6 Å². The zero-order valence-corrected chi connectivity index (χ0v) is 10.1. The van der Waals surface area contributed by atoms with Gasteiger partial charge in [-0.25, -0.2) is 0 Å². The molecule has 1 aliphatic rings. The second-order valence-electron chi connectivity index (χ2n) is 3.75. The van der Waals surface area contributed by atoms with Crippen LogP contribution in [0.1, 0.15) is 11.1 Å². The van der Waals surface area contributed by atoms with Crippen LogP contribution in [0.3, 0.4) is 0 Å². The first-order valence-electron chi connectivity index (χ1n) is 4.92. The smallest absolute Gasteiger partial charge is 0.380 e. The fourth-order valence-corrected chi connectivity index (χ4v) is 2.08. The van der Waals surface area contributed by atoms with Gasteiger partial charge in [-0.05, 0) is 29.3 Å². The standard InChI is InChI=1S/C11H8Cl2F2O2/c12-8-3-6-1-2-17-10(6)7(4-8)5-9(16)11(13,14)15/h3-4H,1-2,5H2. The number of benzene rings is 1. The molecule has 0 saturated heterocycles. The molecule has 92 valence electrons. The quantitative estimate of drug-likeness (QED) is 0.795. The molecule has 2 nitrogen and oxygen atoms in total. The highest BCUT2D eigenvalue weighted by molar-refractivity contribution is 6.33. The third-order valence-electron chi connectivity index (χ3n) is 2.49. The van der Waals surface area contributed by atoms with Crippen LogP contribution in [0.15, 0.2) is 12.1 Å². The van der Waals surface area contributed by atoms with Gasteiger partial charge in [0.1, 0.15) is 5.75 Å². The number of ketones is 1. The Morgan fingerprint density at radius 1 is 1.47 bits per heavy atom. The van der Waals surface area contributed by atoms with Gasteiger partial charge in [-0.1, -0.05) is 11.6 Å². The molecule has 0 bridgehead atoms. The predicted octanol–water partition coefficient (Wildman–Crippen LogP) is 3.22. The van der Waals surface area contributed by atoms with E-state index in [1.54, 1.807) is 6.07 Å². The normalized spacial score (nSPS) is 14.4. The number of hydrogen-bond acceptors (Lipinski definition) is 2. The number of fused-ring (bicyclic) bond motifs is 1. The molecule has 1 aliphatic heterocycles. The summed E-state index contributed by atoms with van der Waals surface area (Å²) in [6.07, 6.45) is 0.174. The first kappa shape index (κ1) is 12.6. The van der Waals surface area contributed by atoms with Gasteiger partial charge in [0, 0.05) is 23.4 Å². The third kappa shape index (κ3) is 2.69. The summed E-state index contributed by atoms with van der Waals surface area (Å²) < 4.78 is 30.5. The molecule has 0 fully saturated rings. The zero-order chi connectivity index (χ0) is 12.6. The van der Waals surface area contributed by atoms with Crippen molar-refractivity contribution in [1.29, 1.82) is 0 Å². The molecule has 0 radical (unpaired) electrons. The Bertz CT molecular complexity index is 469. The van der Waals surface area contributed by atoms with E-state index in [0.717, 1.165) is 5.56 Å². The third-order valence-corrected chi connectivity index (χ3v) is 2.92. The number of halogens is 4. The van der Waals surface area contributed by atoms with Gasteiger partial charge in [0.25, 0.3) is 0 Å². The maximum absolute atomic E-state index is 12.6. The lowest BCUT2D eigenvalue weighted by molar-refractivity contribution is -0.132. The number of carbonyl (C=O) groups is 1. The average molecular weight is 281 g/mol. The topological polar surface area (TPSA) is 26.3 Å². The van der Waals surface area contributed by atoms with Crippen LogP contribution in [0.4, 0.5) is 8.78 Å². The lowest BCUT2D eigenvalue weighted by Gasteiger charge is -2.10. The van der Waals surface area contributed by atoms with Crippen molar-refractivity contribution in [3.63, 3.8) is 0 Å². The highest BCUT2D eigenvalue weighted by Gasteiger charge is 2.36. The Morgan fingerprint density at radius 3 is 2.82 bits per heavy atom. The number of ether oxygens (including phenoxy) is 1. The predicted molar refractivity (Wildman–Crippen MR) is 60.2 cm³/mol. The summed E-state index contributed by atoms with van der Waals surface area (Å²) >= 11 is 10.5. The Labute approximate surface area is 106 Å². The zero-order valence-electron chi connectivity index (χ0n) is 8.60. The number of carbonyl (C=O) groups excluding carboxylic acids is 1. The van der Waals surface area contributed by atoms with Crippen LogP contribution in [0, 0.1) is 0 Å². The van der Waals surface area contributed by atoms with E-state index in [1.807, 2.05) is 0 Å². The number of Topliss-reactive ketones (excluding diaryl/α,β-unsaturated/α-hetero) is 1. The van der Waals surface area contributed by atoms with E-state index in [2.05, 4.69) is 11.6 Å². The highest BCUT2D eigenvalue weighted by atomic mass is 35.5. The van der Waals surface area contributed by atoms with Crippen molar-refractivity contribution >= 4 is 29.0 Å². The van der Waals surface area contributed by atoms with E-state index in [0.29, 0.717) is 29.4 Å². The Balaban J connectivity index is 2.31. The summed E-state index contributed by atoms with van der Waals surface area (Å²) in [5.41, 5.74) is 1.19. The van der Waals surface area contributed by atoms with Crippen molar-refractivity contribution < 1.29 is 18.3 Å². The van der Waals surface area contributed by atoms with Crippen LogP contribution < -0.4 is 4.74 Å². The van der Waals surface area contributed by atoms with Crippen molar-refractivity contribution in [2.75, 3.05) is 6.61 Å². The van der Waals surface area contributed by atoms with Gasteiger partial charge in [0.15, 0.2) is 0 Å². The molecule has 0 aromatic heterocycles. The minimum atomic E-state index is -3.85. The molecule has 0 amide bonds.